The molecule has 0 amide bonds. The van der Waals surface area contributed by atoms with Gasteiger partial charge in [-0.05, 0) is 55.7 Å². The minimum atomic E-state index is -3.26. The van der Waals surface area contributed by atoms with Crippen molar-refractivity contribution < 1.29 is 8.42 Å². The van der Waals surface area contributed by atoms with Gasteiger partial charge in [-0.25, -0.2) is 8.42 Å². The number of benzene rings is 1. The van der Waals surface area contributed by atoms with Crippen LogP contribution in [0, 0.1) is 11.8 Å². The van der Waals surface area contributed by atoms with E-state index in [-0.39, 0.29) is 0 Å². The second kappa shape index (κ2) is 5.11. The molecule has 0 unspecified atom stereocenters. The summed E-state index contributed by atoms with van der Waals surface area (Å²) in [6.07, 6.45) is 6.28. The topological polar surface area (TPSA) is 58.2 Å². The minimum Gasteiger partial charge on any atom is -0.380 e. The summed E-state index contributed by atoms with van der Waals surface area (Å²) in [5.41, 5.74) is 1.37. The highest BCUT2D eigenvalue weighted by Crippen LogP contribution is 2.46. The van der Waals surface area contributed by atoms with Crippen LogP contribution < -0.4 is 10.0 Å². The first-order chi connectivity index (χ1) is 9.42. The van der Waals surface area contributed by atoms with Crippen molar-refractivity contribution in [3.8, 4) is 0 Å². The Bertz CT molecular complexity index is 598. The van der Waals surface area contributed by atoms with E-state index >= 15 is 0 Å². The average Bonchev–Trinajstić information content (AvgIpc) is 3.22. The molecule has 1 aromatic rings. The molecule has 2 aliphatic carbocycles. The fourth-order valence-electron chi connectivity index (χ4n) is 2.62. The molecule has 0 bridgehead atoms. The van der Waals surface area contributed by atoms with Crippen molar-refractivity contribution in [1.29, 1.82) is 0 Å². The molecule has 0 aliphatic heterocycles. The summed E-state index contributed by atoms with van der Waals surface area (Å²) in [5.74, 6) is 1.51. The average molecular weight is 315 g/mol. The lowest BCUT2D eigenvalue weighted by atomic mass is 10.1. The van der Waals surface area contributed by atoms with Crippen molar-refractivity contribution >= 4 is 33.0 Å². The minimum absolute atomic E-state index is 0.487. The third kappa shape index (κ3) is 3.58. The van der Waals surface area contributed by atoms with E-state index in [1.165, 1.54) is 25.7 Å². The molecule has 2 N–H and O–H groups in total. The third-order valence-corrected chi connectivity index (χ3v) is 4.79. The van der Waals surface area contributed by atoms with E-state index in [2.05, 4.69) is 10.0 Å². The van der Waals surface area contributed by atoms with Gasteiger partial charge in [0, 0.05) is 6.04 Å². The fourth-order valence-corrected chi connectivity index (χ4v) is 3.35. The van der Waals surface area contributed by atoms with Crippen LogP contribution in [0.2, 0.25) is 5.02 Å². The quantitative estimate of drug-likeness (QED) is 0.847. The zero-order valence-corrected chi connectivity index (χ0v) is 13.0. The molecule has 0 heterocycles. The lowest BCUT2D eigenvalue weighted by Gasteiger charge is -2.20. The van der Waals surface area contributed by atoms with Gasteiger partial charge >= 0.3 is 0 Å². The molecular weight excluding hydrogens is 296 g/mol. The predicted octanol–water partition coefficient (Wildman–Crippen LogP) is 3.31. The van der Waals surface area contributed by atoms with Crippen LogP contribution in [-0.4, -0.2) is 20.7 Å². The van der Waals surface area contributed by atoms with E-state index < -0.39 is 10.0 Å². The second-order valence-electron chi connectivity index (χ2n) is 5.91. The standard InChI is InChI=1S/C14H19ClN2O2S/c1-20(18,19)17-11-6-7-12(15)13(8-11)16-14(9-2-3-9)10-4-5-10/h6-10,14,16-17H,2-5H2,1H3. The highest BCUT2D eigenvalue weighted by Gasteiger charge is 2.41. The Morgan fingerprint density at radius 1 is 1.20 bits per heavy atom. The Kier molecular flexibility index (Phi) is 3.58. The van der Waals surface area contributed by atoms with Crippen molar-refractivity contribution in [3.63, 3.8) is 0 Å². The number of anilines is 2. The maximum absolute atomic E-state index is 11.3. The van der Waals surface area contributed by atoms with Crippen LogP contribution in [0.15, 0.2) is 18.2 Å². The van der Waals surface area contributed by atoms with Gasteiger partial charge < -0.3 is 5.32 Å². The zero-order chi connectivity index (χ0) is 14.3. The normalized spacial score (nSPS) is 19.1. The lowest BCUT2D eigenvalue weighted by Crippen LogP contribution is -2.24. The van der Waals surface area contributed by atoms with Gasteiger partial charge in [0.15, 0.2) is 0 Å². The Morgan fingerprint density at radius 3 is 2.30 bits per heavy atom. The van der Waals surface area contributed by atoms with Crippen molar-refractivity contribution in [2.45, 2.75) is 31.7 Å². The van der Waals surface area contributed by atoms with Gasteiger partial charge in [-0.15, -0.1) is 0 Å². The Balaban J connectivity index is 1.78. The van der Waals surface area contributed by atoms with Crippen LogP contribution in [0.25, 0.3) is 0 Å². The second-order valence-corrected chi connectivity index (χ2v) is 8.07. The van der Waals surface area contributed by atoms with Gasteiger partial charge in [-0.1, -0.05) is 11.6 Å². The largest absolute Gasteiger partial charge is 0.380 e. The van der Waals surface area contributed by atoms with Crippen molar-refractivity contribution in [1.82, 2.24) is 0 Å². The maximum Gasteiger partial charge on any atom is 0.229 e. The van der Waals surface area contributed by atoms with Gasteiger partial charge in [-0.3, -0.25) is 4.72 Å². The van der Waals surface area contributed by atoms with Crippen LogP contribution in [0.1, 0.15) is 25.7 Å². The summed E-state index contributed by atoms with van der Waals surface area (Å²) < 4.78 is 25.1. The number of sulfonamides is 1. The number of rotatable bonds is 6. The van der Waals surface area contributed by atoms with Gasteiger partial charge in [0.1, 0.15) is 0 Å². The monoisotopic (exact) mass is 314 g/mol. The third-order valence-electron chi connectivity index (χ3n) is 3.85. The Hall–Kier alpha value is -0.940. The molecule has 1 aromatic carbocycles. The van der Waals surface area contributed by atoms with Gasteiger partial charge in [0.05, 0.1) is 22.7 Å². The van der Waals surface area contributed by atoms with Crippen LogP contribution in [0.3, 0.4) is 0 Å². The van der Waals surface area contributed by atoms with E-state index in [0.717, 1.165) is 23.8 Å². The molecule has 3 rings (SSSR count). The van der Waals surface area contributed by atoms with Crippen LogP contribution in [0.4, 0.5) is 11.4 Å². The van der Waals surface area contributed by atoms with E-state index in [1.807, 2.05) is 0 Å². The molecule has 2 saturated carbocycles. The first-order valence-corrected chi connectivity index (χ1v) is 9.23. The van der Waals surface area contributed by atoms with E-state index in [4.69, 9.17) is 11.6 Å². The van der Waals surface area contributed by atoms with E-state index in [1.54, 1.807) is 18.2 Å². The highest BCUT2D eigenvalue weighted by molar-refractivity contribution is 7.92. The number of hydrogen-bond acceptors (Lipinski definition) is 3. The molecule has 0 aromatic heterocycles. The first kappa shape index (κ1) is 14.0. The zero-order valence-electron chi connectivity index (χ0n) is 11.4. The summed E-state index contributed by atoms with van der Waals surface area (Å²) in [7, 11) is -3.26. The first-order valence-electron chi connectivity index (χ1n) is 6.96. The van der Waals surface area contributed by atoms with Crippen LogP contribution >= 0.6 is 11.6 Å². The van der Waals surface area contributed by atoms with E-state index in [0.29, 0.717) is 16.8 Å². The van der Waals surface area contributed by atoms with Crippen molar-refractivity contribution in [3.05, 3.63) is 23.2 Å². The molecule has 0 saturated heterocycles. The molecule has 0 atom stereocenters. The molecule has 20 heavy (non-hydrogen) atoms. The Morgan fingerprint density at radius 2 is 1.80 bits per heavy atom. The van der Waals surface area contributed by atoms with Crippen molar-refractivity contribution in [2.24, 2.45) is 11.8 Å². The maximum atomic E-state index is 11.3. The SMILES string of the molecule is CS(=O)(=O)Nc1ccc(Cl)c(NC(C2CC2)C2CC2)c1. The van der Waals surface area contributed by atoms with Crippen LogP contribution in [0.5, 0.6) is 0 Å². The summed E-state index contributed by atoms with van der Waals surface area (Å²) in [4.78, 5) is 0. The van der Waals surface area contributed by atoms with Gasteiger partial charge in [0.2, 0.25) is 10.0 Å². The summed E-state index contributed by atoms with van der Waals surface area (Å²) in [6, 6.07) is 5.67. The molecule has 4 nitrogen and oxygen atoms in total. The molecule has 2 aliphatic rings. The van der Waals surface area contributed by atoms with Crippen LogP contribution in [-0.2, 0) is 10.0 Å². The number of nitrogens with one attached hydrogen (secondary N) is 2. The highest BCUT2D eigenvalue weighted by atomic mass is 35.5. The molecule has 110 valence electrons. The van der Waals surface area contributed by atoms with Gasteiger partial charge in [-0.2, -0.15) is 0 Å². The van der Waals surface area contributed by atoms with E-state index in [9.17, 15) is 8.42 Å². The smallest absolute Gasteiger partial charge is 0.229 e. The molecule has 0 radical (unpaired) electrons. The molecule has 6 heteroatoms. The van der Waals surface area contributed by atoms with Crippen molar-refractivity contribution in [2.75, 3.05) is 16.3 Å². The van der Waals surface area contributed by atoms with Gasteiger partial charge in [0.25, 0.3) is 0 Å². The lowest BCUT2D eigenvalue weighted by molar-refractivity contribution is 0.568. The molecule has 2 fully saturated rings. The summed E-state index contributed by atoms with van der Waals surface area (Å²) in [6.45, 7) is 0. The predicted molar refractivity (Wildman–Crippen MR) is 82.8 cm³/mol. The number of hydrogen-bond donors (Lipinski definition) is 2. The summed E-state index contributed by atoms with van der Waals surface area (Å²) >= 11 is 6.22. The number of halogens is 1. The summed E-state index contributed by atoms with van der Waals surface area (Å²) in [5, 5.41) is 4.17. The fraction of sp³-hybridized carbons (Fsp3) is 0.571. The Labute approximate surface area is 125 Å². The molecule has 0 spiro atoms. The molecular formula is C14H19ClN2O2S.